The summed E-state index contributed by atoms with van der Waals surface area (Å²) in [6, 6.07) is 2.01. The average Bonchev–Trinajstić information content (AvgIpc) is 2.66. The van der Waals surface area contributed by atoms with Crippen LogP contribution in [0.25, 0.3) is 0 Å². The van der Waals surface area contributed by atoms with Gasteiger partial charge >= 0.3 is 0 Å². The highest BCUT2D eigenvalue weighted by atomic mass is 35.5. The first-order valence-electron chi connectivity index (χ1n) is 5.13. The highest BCUT2D eigenvalue weighted by Gasteiger charge is 2.09. The number of likely N-dealkylation sites (N-methyl/N-ethyl adjacent to an activating group) is 1. The largest absolute Gasteiger partial charge is 0.349 e. The van der Waals surface area contributed by atoms with Gasteiger partial charge in [0, 0.05) is 25.3 Å². The summed E-state index contributed by atoms with van der Waals surface area (Å²) in [6.45, 7) is 5.42. The number of hydrogen-bond acceptors (Lipinski definition) is 3. The van der Waals surface area contributed by atoms with Crippen molar-refractivity contribution in [2.24, 2.45) is 0 Å². The van der Waals surface area contributed by atoms with Gasteiger partial charge in [0.25, 0.3) is 5.91 Å². The van der Waals surface area contributed by atoms with Crippen LogP contribution >= 0.6 is 12.4 Å². The first kappa shape index (κ1) is 14.9. The topological polar surface area (TPSA) is 58.9 Å². The van der Waals surface area contributed by atoms with Crippen molar-refractivity contribution in [2.75, 3.05) is 20.1 Å². The third-order valence-electron chi connectivity index (χ3n) is 2.03. The fraction of sp³-hybridized carbons (Fsp3) is 0.600. The van der Waals surface area contributed by atoms with Crippen molar-refractivity contribution < 1.29 is 4.79 Å². The Morgan fingerprint density at radius 3 is 2.69 bits per heavy atom. The first-order chi connectivity index (χ1) is 7.15. The van der Waals surface area contributed by atoms with E-state index in [-0.39, 0.29) is 24.4 Å². The maximum absolute atomic E-state index is 11.5. The molecule has 0 fully saturated rings. The molecule has 6 heteroatoms. The molecule has 0 aliphatic rings. The van der Waals surface area contributed by atoms with Crippen LogP contribution in [0.2, 0.25) is 0 Å². The van der Waals surface area contributed by atoms with Crippen LogP contribution in [0.1, 0.15) is 30.4 Å². The summed E-state index contributed by atoms with van der Waals surface area (Å²) in [7, 11) is 1.85. The van der Waals surface area contributed by atoms with E-state index in [0.29, 0.717) is 12.2 Å². The standard InChI is InChI=1S/C10H18N4O.ClH/c1-8(2)14-7-4-9(13-14)10(15)12-6-5-11-3;/h4,7-8,11H,5-6H2,1-3H3,(H,12,15);1H. The number of aromatic nitrogens is 2. The third-order valence-corrected chi connectivity index (χ3v) is 2.03. The van der Waals surface area contributed by atoms with Gasteiger partial charge in [-0.15, -0.1) is 12.4 Å². The summed E-state index contributed by atoms with van der Waals surface area (Å²) in [5.41, 5.74) is 0.472. The summed E-state index contributed by atoms with van der Waals surface area (Å²) in [5.74, 6) is -0.121. The van der Waals surface area contributed by atoms with E-state index in [4.69, 9.17) is 0 Å². The van der Waals surface area contributed by atoms with Gasteiger partial charge in [-0.3, -0.25) is 9.48 Å². The van der Waals surface area contributed by atoms with Crippen molar-refractivity contribution in [3.8, 4) is 0 Å². The molecule has 0 radical (unpaired) electrons. The molecule has 1 aromatic heterocycles. The predicted molar refractivity (Wildman–Crippen MR) is 66.1 cm³/mol. The smallest absolute Gasteiger partial charge is 0.271 e. The summed E-state index contributed by atoms with van der Waals surface area (Å²) < 4.78 is 1.77. The monoisotopic (exact) mass is 246 g/mol. The third kappa shape index (κ3) is 4.20. The van der Waals surface area contributed by atoms with Crippen molar-refractivity contribution in [1.29, 1.82) is 0 Å². The van der Waals surface area contributed by atoms with Gasteiger partial charge in [-0.1, -0.05) is 0 Å². The molecule has 0 bridgehead atoms. The van der Waals surface area contributed by atoms with Crippen molar-refractivity contribution in [3.05, 3.63) is 18.0 Å². The van der Waals surface area contributed by atoms with Crippen LogP contribution in [0.5, 0.6) is 0 Å². The zero-order valence-electron chi connectivity index (χ0n) is 9.86. The van der Waals surface area contributed by atoms with E-state index in [1.54, 1.807) is 10.7 Å². The second-order valence-electron chi connectivity index (χ2n) is 3.63. The lowest BCUT2D eigenvalue weighted by atomic mass is 10.4. The van der Waals surface area contributed by atoms with Gasteiger partial charge in [-0.2, -0.15) is 5.10 Å². The Kier molecular flexibility index (Phi) is 6.76. The number of halogens is 1. The minimum absolute atomic E-state index is 0. The molecule has 92 valence electrons. The molecule has 0 aliphatic heterocycles. The van der Waals surface area contributed by atoms with Crippen molar-refractivity contribution in [3.63, 3.8) is 0 Å². The van der Waals surface area contributed by atoms with E-state index in [1.165, 1.54) is 0 Å². The zero-order chi connectivity index (χ0) is 11.3. The second kappa shape index (κ2) is 7.24. The minimum atomic E-state index is -0.121. The molecule has 0 saturated heterocycles. The molecule has 0 aliphatic carbocycles. The molecule has 0 spiro atoms. The molecule has 0 unspecified atom stereocenters. The van der Waals surface area contributed by atoms with Crippen molar-refractivity contribution >= 4 is 18.3 Å². The minimum Gasteiger partial charge on any atom is -0.349 e. The van der Waals surface area contributed by atoms with Crippen molar-refractivity contribution in [2.45, 2.75) is 19.9 Å². The normalized spacial score (nSPS) is 10.0. The Bertz CT molecular complexity index is 324. The molecule has 16 heavy (non-hydrogen) atoms. The molecule has 1 rings (SSSR count). The molecule has 2 N–H and O–H groups in total. The Morgan fingerprint density at radius 2 is 2.19 bits per heavy atom. The molecule has 1 amide bonds. The number of nitrogens with one attached hydrogen (secondary N) is 2. The summed E-state index contributed by atoms with van der Waals surface area (Å²) in [4.78, 5) is 11.5. The van der Waals surface area contributed by atoms with Crippen LogP contribution in [0.15, 0.2) is 12.3 Å². The van der Waals surface area contributed by atoms with Gasteiger partial charge < -0.3 is 10.6 Å². The Balaban J connectivity index is 0.00000225. The number of rotatable bonds is 5. The number of carbonyl (C=O) groups excluding carboxylic acids is 1. The quantitative estimate of drug-likeness (QED) is 0.757. The lowest BCUT2D eigenvalue weighted by molar-refractivity contribution is 0.0948. The van der Waals surface area contributed by atoms with E-state index in [0.717, 1.165) is 6.54 Å². The number of amides is 1. The molecule has 0 aromatic carbocycles. The van der Waals surface area contributed by atoms with Gasteiger partial charge in [-0.25, -0.2) is 0 Å². The van der Waals surface area contributed by atoms with Crippen LogP contribution in [-0.4, -0.2) is 35.8 Å². The number of nitrogens with zero attached hydrogens (tertiary/aromatic N) is 2. The van der Waals surface area contributed by atoms with Gasteiger partial charge in [0.05, 0.1) is 0 Å². The average molecular weight is 247 g/mol. The molecular weight excluding hydrogens is 228 g/mol. The van der Waals surface area contributed by atoms with E-state index in [2.05, 4.69) is 15.7 Å². The van der Waals surface area contributed by atoms with E-state index >= 15 is 0 Å². The van der Waals surface area contributed by atoms with Gasteiger partial charge in [0.1, 0.15) is 5.69 Å². The molecule has 1 heterocycles. The van der Waals surface area contributed by atoms with Crippen LogP contribution in [0.4, 0.5) is 0 Å². The zero-order valence-corrected chi connectivity index (χ0v) is 10.7. The lowest BCUT2D eigenvalue weighted by Gasteiger charge is -2.04. The summed E-state index contributed by atoms with van der Waals surface area (Å²) in [6.07, 6.45) is 1.82. The predicted octanol–water partition coefficient (Wildman–Crippen LogP) is 0.835. The van der Waals surface area contributed by atoms with E-state index in [9.17, 15) is 4.79 Å². The maximum atomic E-state index is 11.5. The number of carbonyl (C=O) groups is 1. The maximum Gasteiger partial charge on any atom is 0.271 e. The Labute approximate surface area is 102 Å². The van der Waals surface area contributed by atoms with Crippen LogP contribution in [-0.2, 0) is 0 Å². The molecule has 0 saturated carbocycles. The first-order valence-corrected chi connectivity index (χ1v) is 5.13. The molecule has 5 nitrogen and oxygen atoms in total. The Hall–Kier alpha value is -1.07. The summed E-state index contributed by atoms with van der Waals surface area (Å²) in [5, 5.41) is 9.91. The second-order valence-corrected chi connectivity index (χ2v) is 3.63. The van der Waals surface area contributed by atoms with E-state index in [1.807, 2.05) is 27.1 Å². The van der Waals surface area contributed by atoms with Gasteiger partial charge in [0.2, 0.25) is 0 Å². The van der Waals surface area contributed by atoms with Gasteiger partial charge in [0.15, 0.2) is 0 Å². The SMILES string of the molecule is CNCCNC(=O)c1ccn(C(C)C)n1.Cl. The highest BCUT2D eigenvalue weighted by molar-refractivity contribution is 5.92. The molecular formula is C10H19ClN4O. The molecule has 0 atom stereocenters. The van der Waals surface area contributed by atoms with Crippen molar-refractivity contribution in [1.82, 2.24) is 20.4 Å². The van der Waals surface area contributed by atoms with Crippen LogP contribution in [0.3, 0.4) is 0 Å². The fourth-order valence-corrected chi connectivity index (χ4v) is 1.14. The fourth-order valence-electron chi connectivity index (χ4n) is 1.14. The highest BCUT2D eigenvalue weighted by Crippen LogP contribution is 2.03. The summed E-state index contributed by atoms with van der Waals surface area (Å²) >= 11 is 0. The van der Waals surface area contributed by atoms with Crippen LogP contribution < -0.4 is 10.6 Å². The Morgan fingerprint density at radius 1 is 1.50 bits per heavy atom. The van der Waals surface area contributed by atoms with Crippen LogP contribution in [0, 0.1) is 0 Å². The lowest BCUT2D eigenvalue weighted by Crippen LogP contribution is -2.30. The molecule has 1 aromatic rings. The van der Waals surface area contributed by atoms with Gasteiger partial charge in [-0.05, 0) is 27.0 Å². The number of hydrogen-bond donors (Lipinski definition) is 2. The van der Waals surface area contributed by atoms with E-state index < -0.39 is 0 Å².